The van der Waals surface area contributed by atoms with Crippen LogP contribution >= 0.6 is 0 Å². The molecule has 1 aromatic carbocycles. The molecule has 0 saturated carbocycles. The molecule has 1 N–H and O–H groups in total. The molecule has 0 spiro atoms. The number of pyridine rings is 1. The molecule has 21 heavy (non-hydrogen) atoms. The van der Waals surface area contributed by atoms with Gasteiger partial charge < -0.3 is 14.5 Å². The Morgan fingerprint density at radius 2 is 1.86 bits per heavy atom. The molecule has 0 aliphatic rings. The third kappa shape index (κ3) is 2.31. The Kier molecular flexibility index (Phi) is 3.48. The molecule has 0 aliphatic carbocycles. The number of methoxy groups -OCH3 is 2. The summed E-state index contributed by atoms with van der Waals surface area (Å²) < 4.78 is 10.9. The summed E-state index contributed by atoms with van der Waals surface area (Å²) in [5.74, 6) is 2.44. The summed E-state index contributed by atoms with van der Waals surface area (Å²) in [6.45, 7) is 2.06. The van der Waals surface area contributed by atoms with E-state index < -0.39 is 0 Å². The number of nitrogens with one attached hydrogen (secondary N) is 1. The summed E-state index contributed by atoms with van der Waals surface area (Å²) in [5, 5.41) is 0. The van der Waals surface area contributed by atoms with E-state index in [0.717, 1.165) is 46.0 Å². The van der Waals surface area contributed by atoms with Crippen molar-refractivity contribution in [3.05, 3.63) is 36.3 Å². The number of fused-ring (bicyclic) bond motifs is 1. The van der Waals surface area contributed by atoms with Gasteiger partial charge in [-0.2, -0.15) is 0 Å². The summed E-state index contributed by atoms with van der Waals surface area (Å²) >= 11 is 0. The zero-order valence-corrected chi connectivity index (χ0v) is 12.3. The molecule has 0 unspecified atom stereocenters. The number of nitrogens with zero attached hydrogens (tertiary/aromatic N) is 2. The van der Waals surface area contributed by atoms with Gasteiger partial charge >= 0.3 is 0 Å². The molecule has 2 aromatic heterocycles. The second-order valence-electron chi connectivity index (χ2n) is 4.67. The molecule has 3 rings (SSSR count). The van der Waals surface area contributed by atoms with Crippen molar-refractivity contribution in [2.75, 3.05) is 14.2 Å². The predicted molar refractivity (Wildman–Crippen MR) is 81.8 cm³/mol. The Labute approximate surface area is 123 Å². The van der Waals surface area contributed by atoms with Gasteiger partial charge in [0.05, 0.1) is 25.3 Å². The molecule has 0 radical (unpaired) electrons. The first kappa shape index (κ1) is 13.4. The quantitative estimate of drug-likeness (QED) is 0.798. The lowest BCUT2D eigenvalue weighted by Gasteiger charge is -2.12. The fraction of sp³-hybridized carbons (Fsp3) is 0.250. The van der Waals surface area contributed by atoms with Crippen molar-refractivity contribution < 1.29 is 9.47 Å². The largest absolute Gasteiger partial charge is 0.496 e. The van der Waals surface area contributed by atoms with Crippen molar-refractivity contribution in [1.29, 1.82) is 0 Å². The second-order valence-corrected chi connectivity index (χ2v) is 4.67. The number of benzene rings is 1. The van der Waals surface area contributed by atoms with Crippen molar-refractivity contribution in [2.45, 2.75) is 13.3 Å². The topological polar surface area (TPSA) is 60.0 Å². The molecule has 5 nitrogen and oxygen atoms in total. The summed E-state index contributed by atoms with van der Waals surface area (Å²) in [5.41, 5.74) is 3.47. The Morgan fingerprint density at radius 1 is 1.14 bits per heavy atom. The van der Waals surface area contributed by atoms with Crippen molar-refractivity contribution in [1.82, 2.24) is 15.0 Å². The van der Waals surface area contributed by atoms with E-state index in [9.17, 15) is 0 Å². The fourth-order valence-corrected chi connectivity index (χ4v) is 2.39. The maximum absolute atomic E-state index is 5.45. The highest BCUT2D eigenvalue weighted by atomic mass is 16.5. The summed E-state index contributed by atoms with van der Waals surface area (Å²) in [4.78, 5) is 12.1. The number of rotatable bonds is 4. The maximum Gasteiger partial charge on any atom is 0.177 e. The first-order valence-electron chi connectivity index (χ1n) is 6.82. The van der Waals surface area contributed by atoms with Gasteiger partial charge in [0.15, 0.2) is 5.65 Å². The summed E-state index contributed by atoms with van der Waals surface area (Å²) in [7, 11) is 3.30. The molecule has 3 aromatic rings. The summed E-state index contributed by atoms with van der Waals surface area (Å²) in [6, 6.07) is 7.74. The molecular weight excluding hydrogens is 266 g/mol. The van der Waals surface area contributed by atoms with Crippen LogP contribution < -0.4 is 9.47 Å². The minimum atomic E-state index is 0.726. The van der Waals surface area contributed by atoms with Gasteiger partial charge in [0.1, 0.15) is 17.3 Å². The van der Waals surface area contributed by atoms with Crippen molar-refractivity contribution >= 4 is 11.2 Å². The molecule has 5 heteroatoms. The van der Waals surface area contributed by atoms with Gasteiger partial charge in [0.25, 0.3) is 0 Å². The Bertz CT molecular complexity index is 758. The number of aromatic amines is 1. The van der Waals surface area contributed by atoms with E-state index in [0.29, 0.717) is 0 Å². The van der Waals surface area contributed by atoms with Gasteiger partial charge in [0.2, 0.25) is 0 Å². The van der Waals surface area contributed by atoms with Crippen molar-refractivity contribution in [2.24, 2.45) is 0 Å². The minimum absolute atomic E-state index is 0.726. The lowest BCUT2D eigenvalue weighted by Crippen LogP contribution is -1.93. The average molecular weight is 283 g/mol. The van der Waals surface area contributed by atoms with Crippen LogP contribution in [0.2, 0.25) is 0 Å². The van der Waals surface area contributed by atoms with E-state index in [1.807, 2.05) is 24.3 Å². The van der Waals surface area contributed by atoms with E-state index >= 15 is 0 Å². The van der Waals surface area contributed by atoms with Gasteiger partial charge in [-0.1, -0.05) is 13.0 Å². The highest BCUT2D eigenvalue weighted by molar-refractivity contribution is 5.83. The zero-order chi connectivity index (χ0) is 14.8. The van der Waals surface area contributed by atoms with Crippen molar-refractivity contribution in [3.8, 4) is 22.6 Å². The molecule has 0 fully saturated rings. The third-order valence-corrected chi connectivity index (χ3v) is 3.44. The second kappa shape index (κ2) is 5.44. The van der Waals surface area contributed by atoms with Crippen LogP contribution in [0.1, 0.15) is 12.7 Å². The number of imidazole rings is 1. The molecule has 0 atom stereocenters. The number of H-pyrrole nitrogens is 1. The third-order valence-electron chi connectivity index (χ3n) is 3.44. The van der Waals surface area contributed by atoms with Crippen LogP contribution in [0.5, 0.6) is 11.5 Å². The number of hydrogen-bond acceptors (Lipinski definition) is 4. The molecule has 2 heterocycles. The van der Waals surface area contributed by atoms with Gasteiger partial charge in [-0.05, 0) is 18.2 Å². The van der Waals surface area contributed by atoms with E-state index in [1.54, 1.807) is 20.4 Å². The smallest absolute Gasteiger partial charge is 0.177 e. The average Bonchev–Trinajstić information content (AvgIpc) is 2.96. The van der Waals surface area contributed by atoms with Crippen LogP contribution in [0.25, 0.3) is 22.3 Å². The lowest BCUT2D eigenvalue weighted by molar-refractivity contribution is 0.397. The zero-order valence-electron chi connectivity index (χ0n) is 12.3. The van der Waals surface area contributed by atoms with Crippen LogP contribution in [0.15, 0.2) is 30.5 Å². The number of aromatic nitrogens is 3. The highest BCUT2D eigenvalue weighted by Crippen LogP contribution is 2.38. The lowest BCUT2D eigenvalue weighted by atomic mass is 10.1. The van der Waals surface area contributed by atoms with Crippen LogP contribution in [-0.2, 0) is 6.42 Å². The number of ether oxygens (including phenoxy) is 2. The van der Waals surface area contributed by atoms with E-state index in [1.165, 1.54) is 0 Å². The van der Waals surface area contributed by atoms with Gasteiger partial charge in [-0.25, -0.2) is 9.97 Å². The molecule has 0 amide bonds. The fourth-order valence-electron chi connectivity index (χ4n) is 2.39. The first-order chi connectivity index (χ1) is 10.3. The summed E-state index contributed by atoms with van der Waals surface area (Å²) in [6.07, 6.45) is 2.65. The maximum atomic E-state index is 5.45. The van der Waals surface area contributed by atoms with E-state index in [4.69, 9.17) is 9.47 Å². The van der Waals surface area contributed by atoms with E-state index in [2.05, 4.69) is 21.9 Å². The normalized spacial score (nSPS) is 10.8. The number of aryl methyl sites for hydroxylation is 1. The van der Waals surface area contributed by atoms with Crippen LogP contribution in [0, 0.1) is 0 Å². The Hall–Kier alpha value is -2.56. The SMILES string of the molecule is CCc1nc2ncc(-c3c(OC)cccc3OC)cc2[nH]1. The van der Waals surface area contributed by atoms with Gasteiger partial charge in [-0.15, -0.1) is 0 Å². The van der Waals surface area contributed by atoms with Gasteiger partial charge in [-0.3, -0.25) is 0 Å². The standard InChI is InChI=1S/C16H17N3O2/c1-4-14-18-11-8-10(9-17-16(11)19-14)15-12(20-2)6-5-7-13(15)21-3/h5-9H,4H2,1-3H3,(H,17,18,19). The monoisotopic (exact) mass is 283 g/mol. The Balaban J connectivity index is 2.20. The van der Waals surface area contributed by atoms with E-state index in [-0.39, 0.29) is 0 Å². The Morgan fingerprint density at radius 3 is 2.48 bits per heavy atom. The van der Waals surface area contributed by atoms with Crippen LogP contribution in [0.3, 0.4) is 0 Å². The highest BCUT2D eigenvalue weighted by Gasteiger charge is 2.14. The molecule has 108 valence electrons. The number of hydrogen-bond donors (Lipinski definition) is 1. The molecule has 0 aliphatic heterocycles. The minimum Gasteiger partial charge on any atom is -0.496 e. The predicted octanol–water partition coefficient (Wildman–Crippen LogP) is 3.20. The first-order valence-corrected chi connectivity index (χ1v) is 6.82. The van der Waals surface area contributed by atoms with Crippen molar-refractivity contribution in [3.63, 3.8) is 0 Å². The molecule has 0 bridgehead atoms. The van der Waals surface area contributed by atoms with Crippen LogP contribution in [0.4, 0.5) is 0 Å². The molecule has 0 saturated heterocycles. The van der Waals surface area contributed by atoms with Gasteiger partial charge in [0, 0.05) is 18.2 Å². The van der Waals surface area contributed by atoms with Crippen LogP contribution in [-0.4, -0.2) is 29.2 Å². The molecular formula is C16H17N3O2.